The van der Waals surface area contributed by atoms with Crippen LogP contribution in [0.1, 0.15) is 37.2 Å². The standard InChI is InChI=1S/2C9H9BrClFO2/c2*1-4(13)5-3-6(11)8(12)7(10)9(5)14-2/h2*3-4,13H,1-2H3. The van der Waals surface area contributed by atoms with Crippen LogP contribution < -0.4 is 9.47 Å². The van der Waals surface area contributed by atoms with Gasteiger partial charge in [-0.2, -0.15) is 0 Å². The number of methoxy groups -OCH3 is 2. The molecular formula is C18H18Br2Cl2F2O4. The van der Waals surface area contributed by atoms with Gasteiger partial charge in [-0.15, -0.1) is 0 Å². The Morgan fingerprint density at radius 2 is 1.11 bits per heavy atom. The lowest BCUT2D eigenvalue weighted by Crippen LogP contribution is -1.99. The lowest BCUT2D eigenvalue weighted by atomic mass is 10.1. The molecule has 0 aliphatic carbocycles. The van der Waals surface area contributed by atoms with Crippen molar-refractivity contribution in [2.24, 2.45) is 0 Å². The molecule has 0 bridgehead atoms. The van der Waals surface area contributed by atoms with Crippen molar-refractivity contribution in [3.63, 3.8) is 0 Å². The smallest absolute Gasteiger partial charge is 0.159 e. The molecule has 2 N–H and O–H groups in total. The Balaban J connectivity index is 0.000000280. The second-order valence-electron chi connectivity index (χ2n) is 5.57. The maximum Gasteiger partial charge on any atom is 0.159 e. The predicted molar refractivity (Wildman–Crippen MR) is 113 cm³/mol. The fraction of sp³-hybridized carbons (Fsp3) is 0.333. The van der Waals surface area contributed by atoms with E-state index in [1.165, 1.54) is 26.4 Å². The third-order valence-corrected chi connectivity index (χ3v) is 5.57. The molecule has 0 aliphatic rings. The van der Waals surface area contributed by atoms with Gasteiger partial charge < -0.3 is 19.7 Å². The van der Waals surface area contributed by atoms with E-state index in [1.807, 2.05) is 0 Å². The zero-order valence-corrected chi connectivity index (χ0v) is 20.0. The summed E-state index contributed by atoms with van der Waals surface area (Å²) in [5, 5.41) is 18.7. The fourth-order valence-electron chi connectivity index (χ4n) is 2.23. The molecular weight excluding hydrogens is 549 g/mol. The normalized spacial score (nSPS) is 12.7. The fourth-order valence-corrected chi connectivity index (χ4v) is 4.09. The average Bonchev–Trinajstić information content (AvgIpc) is 2.64. The minimum Gasteiger partial charge on any atom is -0.495 e. The van der Waals surface area contributed by atoms with Gasteiger partial charge in [-0.3, -0.25) is 0 Å². The van der Waals surface area contributed by atoms with Crippen LogP contribution in [0.4, 0.5) is 8.78 Å². The first-order valence-corrected chi connectivity index (χ1v) is 10.1. The Bertz CT molecular complexity index is 780. The highest BCUT2D eigenvalue weighted by molar-refractivity contribution is 9.11. The van der Waals surface area contributed by atoms with Gasteiger partial charge in [0.1, 0.15) is 11.5 Å². The third kappa shape index (κ3) is 5.70. The molecule has 0 amide bonds. The summed E-state index contributed by atoms with van der Waals surface area (Å²) >= 11 is 17.3. The molecule has 2 aromatic rings. The summed E-state index contributed by atoms with van der Waals surface area (Å²) in [7, 11) is 2.80. The molecule has 0 saturated heterocycles. The zero-order valence-electron chi connectivity index (χ0n) is 15.3. The topological polar surface area (TPSA) is 58.9 Å². The monoisotopic (exact) mass is 564 g/mol. The molecule has 0 spiro atoms. The molecule has 0 fully saturated rings. The van der Waals surface area contributed by atoms with E-state index in [0.29, 0.717) is 11.1 Å². The largest absolute Gasteiger partial charge is 0.495 e. The van der Waals surface area contributed by atoms with Crippen molar-refractivity contribution in [1.29, 1.82) is 0 Å². The molecule has 0 aliphatic heterocycles. The van der Waals surface area contributed by atoms with Gasteiger partial charge in [0.25, 0.3) is 0 Å². The van der Waals surface area contributed by atoms with Gasteiger partial charge in [-0.05, 0) is 57.8 Å². The van der Waals surface area contributed by atoms with Crippen LogP contribution in [-0.4, -0.2) is 24.4 Å². The number of halogens is 6. The summed E-state index contributed by atoms with van der Waals surface area (Å²) in [6, 6.07) is 2.70. The molecule has 0 radical (unpaired) electrons. The SMILES string of the molecule is COc1c(C(C)O)cc(Cl)c(F)c1Br.COc1c(C(C)O)cc(Cl)c(F)c1Br. The Kier molecular flexibility index (Phi) is 9.93. The van der Waals surface area contributed by atoms with E-state index < -0.39 is 23.8 Å². The summed E-state index contributed by atoms with van der Waals surface area (Å²) in [5.41, 5.74) is 0.900. The molecule has 0 aromatic heterocycles. The lowest BCUT2D eigenvalue weighted by molar-refractivity contribution is 0.193. The third-order valence-electron chi connectivity index (χ3n) is 3.60. The molecule has 10 heteroatoms. The second kappa shape index (κ2) is 10.9. The van der Waals surface area contributed by atoms with E-state index in [-0.39, 0.29) is 30.5 Å². The Morgan fingerprint density at radius 1 is 0.821 bits per heavy atom. The number of benzene rings is 2. The van der Waals surface area contributed by atoms with Gasteiger partial charge in [0.05, 0.1) is 45.4 Å². The highest BCUT2D eigenvalue weighted by atomic mass is 79.9. The van der Waals surface area contributed by atoms with Crippen molar-refractivity contribution >= 4 is 55.1 Å². The summed E-state index contributed by atoms with van der Waals surface area (Å²) in [4.78, 5) is 0. The maximum atomic E-state index is 13.3. The molecule has 156 valence electrons. The highest BCUT2D eigenvalue weighted by Gasteiger charge is 2.19. The average molecular weight is 567 g/mol. The van der Waals surface area contributed by atoms with Crippen molar-refractivity contribution < 1.29 is 28.5 Å². The van der Waals surface area contributed by atoms with Crippen LogP contribution in [0.15, 0.2) is 21.1 Å². The molecule has 0 saturated carbocycles. The maximum absolute atomic E-state index is 13.3. The zero-order chi connectivity index (χ0) is 21.8. The van der Waals surface area contributed by atoms with E-state index in [2.05, 4.69) is 31.9 Å². The predicted octanol–water partition coefficient (Wildman–Crippen LogP) is 6.61. The Labute approximate surface area is 188 Å². The molecule has 2 unspecified atom stereocenters. The van der Waals surface area contributed by atoms with Gasteiger partial charge in [0.2, 0.25) is 0 Å². The number of hydrogen-bond acceptors (Lipinski definition) is 4. The van der Waals surface area contributed by atoms with Crippen molar-refractivity contribution in [2.75, 3.05) is 14.2 Å². The van der Waals surface area contributed by atoms with Crippen LogP contribution in [0, 0.1) is 11.6 Å². The van der Waals surface area contributed by atoms with Crippen LogP contribution in [-0.2, 0) is 0 Å². The first-order valence-electron chi connectivity index (χ1n) is 7.76. The van der Waals surface area contributed by atoms with Crippen molar-refractivity contribution in [1.82, 2.24) is 0 Å². The number of aliphatic hydroxyl groups excluding tert-OH is 2. The first-order chi connectivity index (χ1) is 13.0. The molecule has 0 heterocycles. The molecule has 2 rings (SSSR count). The van der Waals surface area contributed by atoms with E-state index in [1.54, 1.807) is 13.8 Å². The van der Waals surface area contributed by atoms with E-state index in [4.69, 9.17) is 32.7 Å². The number of rotatable bonds is 4. The van der Waals surface area contributed by atoms with Crippen LogP contribution in [0.3, 0.4) is 0 Å². The molecule has 28 heavy (non-hydrogen) atoms. The first kappa shape index (κ1) is 25.4. The minimum absolute atomic E-state index is 0.0476. The number of hydrogen-bond donors (Lipinski definition) is 2. The molecule has 2 aromatic carbocycles. The van der Waals surface area contributed by atoms with E-state index >= 15 is 0 Å². The Hall–Kier alpha value is -0.640. The van der Waals surface area contributed by atoms with Crippen molar-refractivity contribution in [2.45, 2.75) is 26.1 Å². The van der Waals surface area contributed by atoms with Gasteiger partial charge in [0.15, 0.2) is 11.6 Å². The van der Waals surface area contributed by atoms with Crippen LogP contribution in [0.2, 0.25) is 10.0 Å². The van der Waals surface area contributed by atoms with E-state index in [9.17, 15) is 19.0 Å². The summed E-state index contributed by atoms with van der Waals surface area (Å²) in [6.07, 6.45) is -1.53. The van der Waals surface area contributed by atoms with Gasteiger partial charge in [-0.1, -0.05) is 23.2 Å². The van der Waals surface area contributed by atoms with Crippen molar-refractivity contribution in [3.05, 3.63) is 53.9 Å². The summed E-state index contributed by atoms with van der Waals surface area (Å²) in [5.74, 6) is -0.648. The van der Waals surface area contributed by atoms with Crippen LogP contribution >= 0.6 is 55.1 Å². The van der Waals surface area contributed by atoms with Gasteiger partial charge in [-0.25, -0.2) is 8.78 Å². The number of aliphatic hydroxyl groups is 2. The second-order valence-corrected chi connectivity index (χ2v) is 7.97. The Morgan fingerprint density at radius 3 is 1.32 bits per heavy atom. The summed E-state index contributed by atoms with van der Waals surface area (Å²) in [6.45, 7) is 3.11. The van der Waals surface area contributed by atoms with Gasteiger partial charge >= 0.3 is 0 Å². The highest BCUT2D eigenvalue weighted by Crippen LogP contribution is 2.39. The quantitative estimate of drug-likeness (QED) is 0.409. The van der Waals surface area contributed by atoms with Gasteiger partial charge in [0, 0.05) is 11.1 Å². The number of ether oxygens (including phenoxy) is 2. The van der Waals surface area contributed by atoms with Crippen LogP contribution in [0.25, 0.3) is 0 Å². The minimum atomic E-state index is -0.764. The van der Waals surface area contributed by atoms with Crippen molar-refractivity contribution in [3.8, 4) is 11.5 Å². The molecule has 4 nitrogen and oxygen atoms in total. The molecule has 2 atom stereocenters. The lowest BCUT2D eigenvalue weighted by Gasteiger charge is -2.14. The van der Waals surface area contributed by atoms with Crippen LogP contribution in [0.5, 0.6) is 11.5 Å². The summed E-state index contributed by atoms with van der Waals surface area (Å²) < 4.78 is 36.8. The van der Waals surface area contributed by atoms with E-state index in [0.717, 1.165) is 0 Å².